The first-order valence-corrected chi connectivity index (χ1v) is 7.74. The predicted octanol–water partition coefficient (Wildman–Crippen LogP) is 2.42. The molecule has 0 saturated carbocycles. The third kappa shape index (κ3) is 5.66. The molecule has 0 heterocycles. The quantitative estimate of drug-likeness (QED) is 0.650. The molecule has 2 N–H and O–H groups in total. The Kier molecular flexibility index (Phi) is 7.91. The van der Waals surface area contributed by atoms with Crippen molar-refractivity contribution < 1.29 is 19.4 Å². The Labute approximate surface area is 132 Å². The molecule has 0 unspecified atom stereocenters. The molecule has 0 amide bonds. The topological polar surface area (TPSA) is 67.8 Å². The number of ether oxygens (including phenoxy) is 2. The van der Waals surface area contributed by atoms with E-state index in [-0.39, 0.29) is 12.4 Å². The van der Waals surface area contributed by atoms with Crippen LogP contribution >= 0.6 is 0 Å². The van der Waals surface area contributed by atoms with Gasteiger partial charge in [-0.05, 0) is 38.0 Å². The van der Waals surface area contributed by atoms with Gasteiger partial charge < -0.3 is 19.9 Å². The van der Waals surface area contributed by atoms with Gasteiger partial charge in [0.25, 0.3) is 0 Å². The lowest BCUT2D eigenvalue weighted by atomic mass is 10.1. The van der Waals surface area contributed by atoms with E-state index in [1.54, 1.807) is 18.2 Å². The highest BCUT2D eigenvalue weighted by molar-refractivity contribution is 5.94. The third-order valence-electron chi connectivity index (χ3n) is 3.63. The first-order valence-electron chi connectivity index (χ1n) is 7.74. The fourth-order valence-corrected chi connectivity index (χ4v) is 2.13. The van der Waals surface area contributed by atoms with Crippen molar-refractivity contribution in [3.63, 3.8) is 0 Å². The van der Waals surface area contributed by atoms with E-state index in [4.69, 9.17) is 9.47 Å². The van der Waals surface area contributed by atoms with E-state index < -0.39 is 6.10 Å². The average molecular weight is 309 g/mol. The number of methoxy groups -OCH3 is 1. The minimum Gasteiger partial charge on any atom is -0.493 e. The third-order valence-corrected chi connectivity index (χ3v) is 3.63. The van der Waals surface area contributed by atoms with Crippen LogP contribution in [0.15, 0.2) is 18.2 Å². The van der Waals surface area contributed by atoms with Gasteiger partial charge in [0.2, 0.25) is 0 Å². The smallest absolute Gasteiger partial charge is 0.161 e. The van der Waals surface area contributed by atoms with Gasteiger partial charge in [-0.25, -0.2) is 0 Å². The highest BCUT2D eigenvalue weighted by Gasteiger charge is 2.12. The summed E-state index contributed by atoms with van der Waals surface area (Å²) in [5.41, 5.74) is 0.570. The molecule has 0 aliphatic heterocycles. The van der Waals surface area contributed by atoms with Gasteiger partial charge in [-0.15, -0.1) is 0 Å². The van der Waals surface area contributed by atoms with Crippen molar-refractivity contribution >= 4 is 5.78 Å². The zero-order valence-electron chi connectivity index (χ0n) is 13.9. The Morgan fingerprint density at radius 2 is 1.95 bits per heavy atom. The molecule has 0 spiro atoms. The normalized spacial score (nSPS) is 12.3. The number of ketones is 1. The van der Waals surface area contributed by atoms with Gasteiger partial charge >= 0.3 is 0 Å². The zero-order valence-corrected chi connectivity index (χ0v) is 13.9. The molecule has 0 aliphatic rings. The van der Waals surface area contributed by atoms with E-state index in [1.807, 2.05) is 0 Å². The Hall–Kier alpha value is -1.59. The van der Waals surface area contributed by atoms with Gasteiger partial charge in [-0.3, -0.25) is 4.79 Å². The van der Waals surface area contributed by atoms with Crippen LogP contribution in [0.3, 0.4) is 0 Å². The summed E-state index contributed by atoms with van der Waals surface area (Å²) in [6.45, 7) is 6.39. The maximum Gasteiger partial charge on any atom is 0.161 e. The number of rotatable bonds is 10. The standard InChI is InChI=1S/C17H27NO4/c1-5-14(6-2)18-10-15(20)11-22-16-8-7-13(12(3)19)9-17(16)21-4/h7-9,14-15,18,20H,5-6,10-11H2,1-4H3/t15-/m0/s1. The molecule has 0 bridgehead atoms. The summed E-state index contributed by atoms with van der Waals surface area (Å²) in [6.07, 6.45) is 1.47. The zero-order chi connectivity index (χ0) is 16.5. The van der Waals surface area contributed by atoms with Gasteiger partial charge in [0, 0.05) is 18.2 Å². The van der Waals surface area contributed by atoms with Crippen LogP contribution in [0.5, 0.6) is 11.5 Å². The molecule has 0 saturated heterocycles. The summed E-state index contributed by atoms with van der Waals surface area (Å²) in [7, 11) is 1.52. The minimum atomic E-state index is -0.599. The summed E-state index contributed by atoms with van der Waals surface area (Å²) in [5.74, 6) is 0.987. The number of nitrogens with one attached hydrogen (secondary N) is 1. The van der Waals surface area contributed by atoms with Crippen molar-refractivity contribution in [2.45, 2.75) is 45.8 Å². The van der Waals surface area contributed by atoms with Gasteiger partial charge in [0.15, 0.2) is 17.3 Å². The van der Waals surface area contributed by atoms with E-state index in [9.17, 15) is 9.90 Å². The Morgan fingerprint density at radius 3 is 2.50 bits per heavy atom. The molecule has 124 valence electrons. The average Bonchev–Trinajstić information content (AvgIpc) is 2.53. The lowest BCUT2D eigenvalue weighted by Crippen LogP contribution is -2.37. The lowest BCUT2D eigenvalue weighted by molar-refractivity contribution is 0.100. The van der Waals surface area contributed by atoms with E-state index in [1.165, 1.54) is 14.0 Å². The van der Waals surface area contributed by atoms with E-state index >= 15 is 0 Å². The second kappa shape index (κ2) is 9.43. The summed E-state index contributed by atoms with van der Waals surface area (Å²) in [6, 6.07) is 5.44. The summed E-state index contributed by atoms with van der Waals surface area (Å²) in [5, 5.41) is 13.3. The van der Waals surface area contributed by atoms with E-state index in [0.29, 0.717) is 29.6 Å². The van der Waals surface area contributed by atoms with Crippen LogP contribution in [-0.2, 0) is 0 Å². The highest BCUT2D eigenvalue weighted by Crippen LogP contribution is 2.28. The van der Waals surface area contributed by atoms with Crippen LogP contribution in [0.2, 0.25) is 0 Å². The first kappa shape index (κ1) is 18.5. The van der Waals surface area contributed by atoms with Crippen molar-refractivity contribution in [2.75, 3.05) is 20.3 Å². The molecule has 5 nitrogen and oxygen atoms in total. The second-order valence-electron chi connectivity index (χ2n) is 5.31. The van der Waals surface area contributed by atoms with E-state index in [0.717, 1.165) is 12.8 Å². The SMILES string of the molecule is CCC(CC)NC[C@H](O)COc1ccc(C(C)=O)cc1OC. The Balaban J connectivity index is 2.54. The number of aliphatic hydroxyl groups excluding tert-OH is 1. The number of carbonyl (C=O) groups excluding carboxylic acids is 1. The molecule has 1 atom stereocenters. The molecule has 5 heteroatoms. The Morgan fingerprint density at radius 1 is 1.27 bits per heavy atom. The molecule has 0 radical (unpaired) electrons. The van der Waals surface area contributed by atoms with Crippen molar-refractivity contribution in [3.8, 4) is 11.5 Å². The number of benzene rings is 1. The highest BCUT2D eigenvalue weighted by atomic mass is 16.5. The van der Waals surface area contributed by atoms with Crippen LogP contribution in [-0.4, -0.2) is 43.3 Å². The fourth-order valence-electron chi connectivity index (χ4n) is 2.13. The van der Waals surface area contributed by atoms with Crippen molar-refractivity contribution in [3.05, 3.63) is 23.8 Å². The van der Waals surface area contributed by atoms with Gasteiger partial charge in [0.1, 0.15) is 12.7 Å². The van der Waals surface area contributed by atoms with E-state index in [2.05, 4.69) is 19.2 Å². The molecule has 1 aromatic rings. The maximum atomic E-state index is 11.4. The van der Waals surface area contributed by atoms with Gasteiger partial charge in [-0.1, -0.05) is 13.8 Å². The molecule has 1 rings (SSSR count). The molecule has 22 heavy (non-hydrogen) atoms. The van der Waals surface area contributed by atoms with Gasteiger partial charge in [0.05, 0.1) is 7.11 Å². The van der Waals surface area contributed by atoms with Crippen LogP contribution in [0.25, 0.3) is 0 Å². The van der Waals surface area contributed by atoms with Gasteiger partial charge in [-0.2, -0.15) is 0 Å². The number of Topliss-reactive ketones (excluding diaryl/α,β-unsaturated/α-hetero) is 1. The Bertz CT molecular complexity index is 472. The summed E-state index contributed by atoms with van der Waals surface area (Å²) >= 11 is 0. The van der Waals surface area contributed by atoms with Crippen LogP contribution in [0.1, 0.15) is 44.0 Å². The molecule has 0 aromatic heterocycles. The summed E-state index contributed by atoms with van der Waals surface area (Å²) < 4.78 is 10.8. The summed E-state index contributed by atoms with van der Waals surface area (Å²) in [4.78, 5) is 11.4. The second-order valence-corrected chi connectivity index (χ2v) is 5.31. The molecule has 1 aromatic carbocycles. The van der Waals surface area contributed by atoms with Crippen LogP contribution < -0.4 is 14.8 Å². The molecular formula is C17H27NO4. The molecule has 0 aliphatic carbocycles. The number of carbonyl (C=O) groups is 1. The minimum absolute atomic E-state index is 0.0285. The maximum absolute atomic E-state index is 11.4. The van der Waals surface area contributed by atoms with Crippen molar-refractivity contribution in [2.24, 2.45) is 0 Å². The predicted molar refractivity (Wildman–Crippen MR) is 86.9 cm³/mol. The number of aliphatic hydroxyl groups is 1. The van der Waals surface area contributed by atoms with Crippen molar-refractivity contribution in [1.82, 2.24) is 5.32 Å². The van der Waals surface area contributed by atoms with Crippen LogP contribution in [0, 0.1) is 0 Å². The lowest BCUT2D eigenvalue weighted by Gasteiger charge is -2.19. The monoisotopic (exact) mass is 309 g/mol. The van der Waals surface area contributed by atoms with Crippen molar-refractivity contribution in [1.29, 1.82) is 0 Å². The first-order chi connectivity index (χ1) is 10.5. The van der Waals surface area contributed by atoms with Crippen LogP contribution in [0.4, 0.5) is 0 Å². The largest absolute Gasteiger partial charge is 0.493 e. The number of hydrogen-bond acceptors (Lipinski definition) is 5. The fraction of sp³-hybridized carbons (Fsp3) is 0.588. The number of hydrogen-bond donors (Lipinski definition) is 2. The molecule has 0 fully saturated rings. The molecular weight excluding hydrogens is 282 g/mol.